The fourth-order valence-electron chi connectivity index (χ4n) is 3.67. The smallest absolute Gasteiger partial charge is 0.242 e. The highest BCUT2D eigenvalue weighted by molar-refractivity contribution is 7.91. The highest BCUT2D eigenvalue weighted by Gasteiger charge is 2.32. The molecule has 1 atom stereocenters. The number of rotatable bonds is 8. The Hall–Kier alpha value is -2.78. The quantitative estimate of drug-likeness (QED) is 0.658. The number of hydrogen-bond donors (Lipinski definition) is 1. The monoisotopic (exact) mass is 448 g/mol. The second-order valence-electron chi connectivity index (χ2n) is 7.25. The van der Waals surface area contributed by atoms with Crippen LogP contribution in [-0.4, -0.2) is 65.1 Å². The van der Waals surface area contributed by atoms with Crippen molar-refractivity contribution in [1.82, 2.24) is 10.2 Å². The van der Waals surface area contributed by atoms with E-state index < -0.39 is 15.9 Å². The Labute approximate surface area is 183 Å². The van der Waals surface area contributed by atoms with Gasteiger partial charge < -0.3 is 19.5 Å². The molecule has 2 aromatic carbocycles. The predicted octanol–water partition coefficient (Wildman–Crippen LogP) is 1.80. The van der Waals surface area contributed by atoms with Crippen LogP contribution in [0.4, 0.5) is 0 Å². The third kappa shape index (κ3) is 5.48. The van der Waals surface area contributed by atoms with E-state index in [1.807, 2.05) is 35.2 Å². The van der Waals surface area contributed by atoms with Crippen molar-refractivity contribution >= 4 is 15.7 Å². The number of carbonyl (C=O) groups excluding carboxylic acids is 1. The van der Waals surface area contributed by atoms with E-state index in [-0.39, 0.29) is 24.0 Å². The molecule has 1 amide bonds. The Morgan fingerprint density at radius 3 is 2.10 bits per heavy atom. The maximum atomic E-state index is 13.2. The molecule has 1 aliphatic rings. The van der Waals surface area contributed by atoms with Crippen molar-refractivity contribution in [2.45, 2.75) is 12.6 Å². The van der Waals surface area contributed by atoms with Gasteiger partial charge in [0.1, 0.15) is 6.04 Å². The van der Waals surface area contributed by atoms with E-state index in [1.54, 1.807) is 12.1 Å². The molecular weight excluding hydrogens is 420 g/mol. The minimum Gasteiger partial charge on any atom is -0.493 e. The van der Waals surface area contributed by atoms with Crippen LogP contribution in [0.15, 0.2) is 42.5 Å². The van der Waals surface area contributed by atoms with Crippen LogP contribution in [0.2, 0.25) is 0 Å². The summed E-state index contributed by atoms with van der Waals surface area (Å²) in [6.07, 6.45) is 0. The van der Waals surface area contributed by atoms with Crippen molar-refractivity contribution in [1.29, 1.82) is 0 Å². The van der Waals surface area contributed by atoms with Gasteiger partial charge in [-0.3, -0.25) is 9.69 Å². The van der Waals surface area contributed by atoms with E-state index in [0.29, 0.717) is 30.3 Å². The molecule has 2 aromatic rings. The molecule has 0 saturated carbocycles. The summed E-state index contributed by atoms with van der Waals surface area (Å²) in [5.74, 6) is 1.40. The number of ether oxygens (including phenoxy) is 3. The summed E-state index contributed by atoms with van der Waals surface area (Å²) in [6.45, 7) is 0.893. The summed E-state index contributed by atoms with van der Waals surface area (Å²) in [5, 5.41) is 2.97. The van der Waals surface area contributed by atoms with Crippen LogP contribution in [-0.2, 0) is 21.2 Å². The number of sulfone groups is 1. The minimum atomic E-state index is -3.05. The van der Waals surface area contributed by atoms with Gasteiger partial charge in [0, 0.05) is 19.6 Å². The maximum absolute atomic E-state index is 13.2. The molecule has 1 heterocycles. The lowest BCUT2D eigenvalue weighted by Crippen LogP contribution is -2.47. The van der Waals surface area contributed by atoms with Gasteiger partial charge in [-0.05, 0) is 23.3 Å². The Morgan fingerprint density at radius 1 is 1.00 bits per heavy atom. The molecule has 1 unspecified atom stereocenters. The number of nitrogens with zero attached hydrogens (tertiary/aromatic N) is 1. The van der Waals surface area contributed by atoms with Gasteiger partial charge in [-0.1, -0.05) is 30.3 Å². The summed E-state index contributed by atoms with van der Waals surface area (Å²) in [6, 6.07) is 12.4. The molecular formula is C22H28N2O6S. The van der Waals surface area contributed by atoms with Gasteiger partial charge >= 0.3 is 0 Å². The van der Waals surface area contributed by atoms with Crippen LogP contribution in [0.1, 0.15) is 17.2 Å². The average molecular weight is 449 g/mol. The van der Waals surface area contributed by atoms with Gasteiger partial charge in [0.25, 0.3) is 0 Å². The highest BCUT2D eigenvalue weighted by atomic mass is 32.2. The molecule has 0 radical (unpaired) electrons. The molecule has 1 saturated heterocycles. The number of methoxy groups -OCH3 is 3. The van der Waals surface area contributed by atoms with E-state index in [1.165, 1.54) is 21.3 Å². The minimum absolute atomic E-state index is 0.0521. The van der Waals surface area contributed by atoms with Crippen molar-refractivity contribution < 1.29 is 27.4 Å². The number of amides is 1. The molecule has 1 aliphatic heterocycles. The van der Waals surface area contributed by atoms with Crippen molar-refractivity contribution in [3.63, 3.8) is 0 Å². The third-order valence-corrected chi connectivity index (χ3v) is 6.91. The third-order valence-electron chi connectivity index (χ3n) is 5.30. The van der Waals surface area contributed by atoms with Gasteiger partial charge in [-0.2, -0.15) is 0 Å². The van der Waals surface area contributed by atoms with Gasteiger partial charge in [-0.15, -0.1) is 0 Å². The standard InChI is InChI=1S/C22H28N2O6S/c1-28-18-13-16(14-19(29-2)21(18)30-3)15-23-22(25)20(17-7-5-4-6-8-17)24-9-11-31(26,27)12-10-24/h4-8,13-14,20H,9-12,15H2,1-3H3,(H,23,25). The Balaban J connectivity index is 1.80. The van der Waals surface area contributed by atoms with Gasteiger partial charge in [0.2, 0.25) is 11.7 Å². The van der Waals surface area contributed by atoms with E-state index in [0.717, 1.165) is 11.1 Å². The fourth-order valence-corrected chi connectivity index (χ4v) is 4.90. The SMILES string of the molecule is COc1cc(CNC(=O)C(c2ccccc2)N2CCS(=O)(=O)CC2)cc(OC)c1OC. The molecule has 1 fully saturated rings. The molecule has 0 bridgehead atoms. The second kappa shape index (κ2) is 10.0. The largest absolute Gasteiger partial charge is 0.493 e. The Kier molecular flexibility index (Phi) is 7.40. The maximum Gasteiger partial charge on any atom is 0.242 e. The molecule has 9 heteroatoms. The lowest BCUT2D eigenvalue weighted by Gasteiger charge is -2.33. The number of benzene rings is 2. The van der Waals surface area contributed by atoms with Crippen LogP contribution in [0, 0.1) is 0 Å². The van der Waals surface area contributed by atoms with Gasteiger partial charge in [0.15, 0.2) is 21.3 Å². The molecule has 31 heavy (non-hydrogen) atoms. The van der Waals surface area contributed by atoms with E-state index >= 15 is 0 Å². The molecule has 1 N–H and O–H groups in total. The molecule has 0 aliphatic carbocycles. The van der Waals surface area contributed by atoms with Crippen LogP contribution in [0.5, 0.6) is 17.2 Å². The summed E-state index contributed by atoms with van der Waals surface area (Å²) < 4.78 is 39.8. The number of hydrogen-bond acceptors (Lipinski definition) is 7. The zero-order valence-corrected chi connectivity index (χ0v) is 18.8. The Bertz CT molecular complexity index is 971. The summed E-state index contributed by atoms with van der Waals surface area (Å²) >= 11 is 0. The molecule has 168 valence electrons. The van der Waals surface area contributed by atoms with E-state index in [9.17, 15) is 13.2 Å². The van der Waals surface area contributed by atoms with E-state index in [2.05, 4.69) is 5.32 Å². The predicted molar refractivity (Wildman–Crippen MR) is 117 cm³/mol. The molecule has 8 nitrogen and oxygen atoms in total. The van der Waals surface area contributed by atoms with Crippen molar-refractivity contribution in [2.24, 2.45) is 0 Å². The first-order valence-electron chi connectivity index (χ1n) is 9.94. The second-order valence-corrected chi connectivity index (χ2v) is 9.56. The first-order chi connectivity index (χ1) is 14.9. The van der Waals surface area contributed by atoms with Crippen LogP contribution >= 0.6 is 0 Å². The first kappa shape index (κ1) is 22.9. The first-order valence-corrected chi connectivity index (χ1v) is 11.8. The van der Waals surface area contributed by atoms with Gasteiger partial charge in [-0.25, -0.2) is 8.42 Å². The normalized spacial score (nSPS) is 16.9. The summed E-state index contributed by atoms with van der Waals surface area (Å²) in [5.41, 5.74) is 1.61. The molecule has 0 spiro atoms. The molecule has 3 rings (SSSR count). The van der Waals surface area contributed by atoms with Crippen LogP contribution in [0.3, 0.4) is 0 Å². The zero-order chi connectivity index (χ0) is 22.4. The van der Waals surface area contributed by atoms with Crippen LogP contribution in [0.25, 0.3) is 0 Å². The van der Waals surface area contributed by atoms with Crippen molar-refractivity contribution in [2.75, 3.05) is 45.9 Å². The van der Waals surface area contributed by atoms with E-state index in [4.69, 9.17) is 14.2 Å². The lowest BCUT2D eigenvalue weighted by molar-refractivity contribution is -0.126. The zero-order valence-electron chi connectivity index (χ0n) is 18.0. The van der Waals surface area contributed by atoms with Crippen LogP contribution < -0.4 is 19.5 Å². The number of nitrogens with one attached hydrogen (secondary N) is 1. The lowest BCUT2D eigenvalue weighted by atomic mass is 10.0. The average Bonchev–Trinajstić information content (AvgIpc) is 2.78. The fraction of sp³-hybridized carbons (Fsp3) is 0.409. The van der Waals surface area contributed by atoms with Crippen molar-refractivity contribution in [3.8, 4) is 17.2 Å². The van der Waals surface area contributed by atoms with Gasteiger partial charge in [0.05, 0.1) is 32.8 Å². The van der Waals surface area contributed by atoms with Crippen molar-refractivity contribution in [3.05, 3.63) is 53.6 Å². The topological polar surface area (TPSA) is 94.2 Å². The number of carbonyl (C=O) groups is 1. The Morgan fingerprint density at radius 2 is 1.58 bits per heavy atom. The molecule has 0 aromatic heterocycles. The summed E-state index contributed by atoms with van der Waals surface area (Å²) in [7, 11) is 1.56. The summed E-state index contributed by atoms with van der Waals surface area (Å²) in [4.78, 5) is 15.1. The highest BCUT2D eigenvalue weighted by Crippen LogP contribution is 2.38.